The molecule has 2 fully saturated rings. The maximum Gasteiger partial charge on any atom is 0.134 e. The zero-order valence-electron chi connectivity index (χ0n) is 9.34. The molecule has 1 unspecified atom stereocenters. The first-order chi connectivity index (χ1) is 7.34. The molecule has 0 aromatic carbocycles. The minimum Gasteiger partial charge on any atom is -0.381 e. The molecule has 3 nitrogen and oxygen atoms in total. The highest BCUT2D eigenvalue weighted by atomic mass is 16.5. The van der Waals surface area contributed by atoms with E-state index in [0.29, 0.717) is 17.7 Å². The van der Waals surface area contributed by atoms with E-state index in [4.69, 9.17) is 4.74 Å². The summed E-state index contributed by atoms with van der Waals surface area (Å²) in [4.78, 5) is 11.8. The highest BCUT2D eigenvalue weighted by Crippen LogP contribution is 2.20. The van der Waals surface area contributed by atoms with Crippen molar-refractivity contribution in [3.63, 3.8) is 0 Å². The first-order valence-electron chi connectivity index (χ1n) is 6.17. The van der Waals surface area contributed by atoms with Crippen LogP contribution in [-0.2, 0) is 9.53 Å². The van der Waals surface area contributed by atoms with Crippen LogP contribution in [0.2, 0.25) is 0 Å². The van der Waals surface area contributed by atoms with Crippen LogP contribution in [0.4, 0.5) is 0 Å². The second-order valence-corrected chi connectivity index (χ2v) is 4.80. The smallest absolute Gasteiger partial charge is 0.134 e. The molecule has 0 amide bonds. The van der Waals surface area contributed by atoms with Crippen molar-refractivity contribution in [3.05, 3.63) is 0 Å². The van der Waals surface area contributed by atoms with Crippen molar-refractivity contribution in [2.75, 3.05) is 19.8 Å². The van der Waals surface area contributed by atoms with Gasteiger partial charge in [-0.3, -0.25) is 4.79 Å². The summed E-state index contributed by atoms with van der Waals surface area (Å²) >= 11 is 0. The van der Waals surface area contributed by atoms with Gasteiger partial charge in [0.05, 0.1) is 0 Å². The van der Waals surface area contributed by atoms with Crippen molar-refractivity contribution >= 4 is 5.78 Å². The van der Waals surface area contributed by atoms with E-state index in [1.54, 1.807) is 0 Å². The average molecular weight is 211 g/mol. The van der Waals surface area contributed by atoms with Gasteiger partial charge in [-0.2, -0.15) is 0 Å². The van der Waals surface area contributed by atoms with E-state index in [1.807, 2.05) is 0 Å². The highest BCUT2D eigenvalue weighted by Gasteiger charge is 2.21. The molecule has 2 heterocycles. The number of rotatable bonds is 4. The van der Waals surface area contributed by atoms with Gasteiger partial charge in [0.1, 0.15) is 5.78 Å². The van der Waals surface area contributed by atoms with Crippen molar-refractivity contribution in [1.29, 1.82) is 0 Å². The largest absolute Gasteiger partial charge is 0.381 e. The number of ether oxygens (including phenoxy) is 1. The van der Waals surface area contributed by atoms with Gasteiger partial charge in [0, 0.05) is 32.1 Å². The van der Waals surface area contributed by atoms with Gasteiger partial charge < -0.3 is 10.1 Å². The third-order valence-corrected chi connectivity index (χ3v) is 3.49. The Labute approximate surface area is 91.6 Å². The molecule has 0 aromatic heterocycles. The first-order valence-corrected chi connectivity index (χ1v) is 6.17. The molecule has 0 aromatic rings. The lowest BCUT2D eigenvalue weighted by Crippen LogP contribution is -2.26. The Morgan fingerprint density at radius 1 is 1.20 bits per heavy atom. The summed E-state index contributed by atoms with van der Waals surface area (Å²) in [5.41, 5.74) is 0. The molecule has 86 valence electrons. The van der Waals surface area contributed by atoms with E-state index in [2.05, 4.69) is 5.32 Å². The van der Waals surface area contributed by atoms with Gasteiger partial charge in [-0.15, -0.1) is 0 Å². The van der Waals surface area contributed by atoms with Crippen LogP contribution in [0, 0.1) is 5.92 Å². The van der Waals surface area contributed by atoms with Gasteiger partial charge in [0.25, 0.3) is 0 Å². The summed E-state index contributed by atoms with van der Waals surface area (Å²) < 4.78 is 5.29. The molecule has 2 saturated heterocycles. The van der Waals surface area contributed by atoms with Crippen LogP contribution < -0.4 is 5.32 Å². The predicted molar refractivity (Wildman–Crippen MR) is 58.8 cm³/mol. The Morgan fingerprint density at radius 3 is 2.67 bits per heavy atom. The fraction of sp³-hybridized carbons (Fsp3) is 0.917. The topological polar surface area (TPSA) is 38.3 Å². The first kappa shape index (κ1) is 11.1. The Bertz CT molecular complexity index is 206. The molecule has 0 bridgehead atoms. The lowest BCUT2D eigenvalue weighted by molar-refractivity contribution is -0.121. The average Bonchev–Trinajstić information content (AvgIpc) is 2.71. The van der Waals surface area contributed by atoms with Crippen molar-refractivity contribution in [3.8, 4) is 0 Å². The van der Waals surface area contributed by atoms with Crippen LogP contribution in [0.5, 0.6) is 0 Å². The van der Waals surface area contributed by atoms with Crippen LogP contribution in [-0.4, -0.2) is 31.6 Å². The van der Waals surface area contributed by atoms with Gasteiger partial charge >= 0.3 is 0 Å². The molecule has 1 atom stereocenters. The highest BCUT2D eigenvalue weighted by molar-refractivity contribution is 5.79. The van der Waals surface area contributed by atoms with Gasteiger partial charge in [-0.1, -0.05) is 0 Å². The summed E-state index contributed by atoms with van der Waals surface area (Å²) in [6, 6.07) is 0.470. The van der Waals surface area contributed by atoms with E-state index >= 15 is 0 Å². The number of ketones is 1. The Balaban J connectivity index is 1.66. The number of nitrogens with one attached hydrogen (secondary N) is 1. The van der Waals surface area contributed by atoms with Crippen LogP contribution in [0.25, 0.3) is 0 Å². The van der Waals surface area contributed by atoms with Crippen molar-refractivity contribution in [2.24, 2.45) is 5.92 Å². The van der Waals surface area contributed by atoms with Gasteiger partial charge in [-0.05, 0) is 38.1 Å². The minimum absolute atomic E-state index is 0.446. The monoisotopic (exact) mass is 211 g/mol. The summed E-state index contributed by atoms with van der Waals surface area (Å²) in [6.45, 7) is 2.79. The Hall–Kier alpha value is -0.410. The van der Waals surface area contributed by atoms with E-state index in [-0.39, 0.29) is 0 Å². The molecule has 2 aliphatic rings. The standard InChI is InChI=1S/C12H21NO2/c14-12(9-11-2-1-5-13-11)8-10-3-6-15-7-4-10/h10-11,13H,1-9H2. The maximum absolute atomic E-state index is 11.8. The maximum atomic E-state index is 11.8. The van der Waals surface area contributed by atoms with Gasteiger partial charge in [0.15, 0.2) is 0 Å². The number of carbonyl (C=O) groups excluding carboxylic acids is 1. The SMILES string of the molecule is O=C(CC1CCOCC1)CC1CCCN1. The lowest BCUT2D eigenvalue weighted by Gasteiger charge is -2.21. The number of Topliss-reactive ketones (excluding diaryl/α,β-unsaturated/α-hetero) is 1. The van der Waals surface area contributed by atoms with Gasteiger partial charge in [-0.25, -0.2) is 0 Å². The second-order valence-electron chi connectivity index (χ2n) is 4.80. The van der Waals surface area contributed by atoms with Crippen LogP contribution in [0.15, 0.2) is 0 Å². The molecule has 2 aliphatic heterocycles. The van der Waals surface area contributed by atoms with Crippen LogP contribution >= 0.6 is 0 Å². The summed E-state index contributed by atoms with van der Waals surface area (Å²) in [6.07, 6.45) is 6.08. The van der Waals surface area contributed by atoms with Gasteiger partial charge in [0.2, 0.25) is 0 Å². The molecule has 0 saturated carbocycles. The summed E-state index contributed by atoms with van der Waals surface area (Å²) in [7, 11) is 0. The zero-order chi connectivity index (χ0) is 10.5. The van der Waals surface area contributed by atoms with Crippen molar-refractivity contribution in [1.82, 2.24) is 5.32 Å². The quantitative estimate of drug-likeness (QED) is 0.766. The van der Waals surface area contributed by atoms with E-state index < -0.39 is 0 Å². The fourth-order valence-corrected chi connectivity index (χ4v) is 2.56. The molecule has 3 heteroatoms. The molecule has 1 N–H and O–H groups in total. The minimum atomic E-state index is 0.446. The second kappa shape index (κ2) is 5.61. The zero-order valence-corrected chi connectivity index (χ0v) is 9.34. The predicted octanol–water partition coefficient (Wildman–Crippen LogP) is 1.51. The van der Waals surface area contributed by atoms with Crippen LogP contribution in [0.1, 0.15) is 38.5 Å². The molecular formula is C12H21NO2. The number of hydrogen-bond acceptors (Lipinski definition) is 3. The van der Waals surface area contributed by atoms with Crippen LogP contribution in [0.3, 0.4) is 0 Å². The third kappa shape index (κ3) is 3.58. The molecule has 2 rings (SSSR count). The third-order valence-electron chi connectivity index (χ3n) is 3.49. The normalized spacial score (nSPS) is 28.1. The molecule has 0 aliphatic carbocycles. The van der Waals surface area contributed by atoms with Crippen molar-refractivity contribution in [2.45, 2.75) is 44.6 Å². The molecule has 15 heavy (non-hydrogen) atoms. The Morgan fingerprint density at radius 2 is 2.00 bits per heavy atom. The molecular weight excluding hydrogens is 190 g/mol. The Kier molecular flexibility index (Phi) is 4.15. The fourth-order valence-electron chi connectivity index (χ4n) is 2.56. The van der Waals surface area contributed by atoms with E-state index in [1.165, 1.54) is 12.8 Å². The van der Waals surface area contributed by atoms with E-state index in [0.717, 1.165) is 45.4 Å². The summed E-state index contributed by atoms with van der Waals surface area (Å²) in [5, 5.41) is 3.38. The number of hydrogen-bond donors (Lipinski definition) is 1. The van der Waals surface area contributed by atoms with E-state index in [9.17, 15) is 4.79 Å². The molecule has 0 spiro atoms. The number of carbonyl (C=O) groups is 1. The summed E-state index contributed by atoms with van der Waals surface area (Å²) in [5.74, 6) is 1.04. The molecule has 0 radical (unpaired) electrons. The lowest BCUT2D eigenvalue weighted by atomic mass is 9.92. The van der Waals surface area contributed by atoms with Crippen molar-refractivity contribution < 1.29 is 9.53 Å².